The maximum absolute atomic E-state index is 12.7. The first-order chi connectivity index (χ1) is 12.8. The first-order valence-corrected chi connectivity index (χ1v) is 10.4. The van der Waals surface area contributed by atoms with E-state index in [-0.39, 0.29) is 28.7 Å². The Bertz CT molecular complexity index is 1000. The Kier molecular flexibility index (Phi) is 4.10. The number of pyridine rings is 1. The van der Waals surface area contributed by atoms with E-state index in [9.17, 15) is 13.2 Å². The van der Waals surface area contributed by atoms with Gasteiger partial charge in [0.05, 0.1) is 10.6 Å². The molecule has 27 heavy (non-hydrogen) atoms. The number of aromatic nitrogens is 1. The van der Waals surface area contributed by atoms with Crippen molar-refractivity contribution in [3.8, 4) is 0 Å². The third kappa shape index (κ3) is 3.14. The van der Waals surface area contributed by atoms with Gasteiger partial charge in [0.15, 0.2) is 5.82 Å². The maximum atomic E-state index is 12.7. The van der Waals surface area contributed by atoms with Crippen molar-refractivity contribution < 1.29 is 13.2 Å². The number of carbonyl (C=O) groups is 1. The molecule has 1 aromatic heterocycles. The first-order valence-electron chi connectivity index (χ1n) is 8.94. The molecule has 7 nitrogen and oxygen atoms in total. The second kappa shape index (κ2) is 6.23. The van der Waals surface area contributed by atoms with Gasteiger partial charge in [-0.3, -0.25) is 9.52 Å². The molecule has 142 valence electrons. The van der Waals surface area contributed by atoms with Crippen LogP contribution in [0.4, 0.5) is 17.3 Å². The number of aryl methyl sites for hydroxylation is 1. The number of nitrogens with zero attached hydrogens (tertiary/aromatic N) is 3. The SMILES string of the molecule is Cc1ccc(S(=O)(=O)Nc2ccc3c(n2)N(C2CC2)C(C)C(=O)N3C)cc1. The molecule has 2 aromatic rings. The minimum absolute atomic E-state index is 0.0178. The molecule has 1 aromatic carbocycles. The second-order valence-electron chi connectivity index (χ2n) is 7.17. The monoisotopic (exact) mass is 386 g/mol. The predicted octanol–water partition coefficient (Wildman–Crippen LogP) is 2.52. The normalized spacial score (nSPS) is 19.8. The molecule has 1 amide bonds. The van der Waals surface area contributed by atoms with Crippen LogP contribution in [-0.2, 0) is 14.8 Å². The van der Waals surface area contributed by atoms with E-state index in [2.05, 4.69) is 9.71 Å². The Hall–Kier alpha value is -2.61. The van der Waals surface area contributed by atoms with Crippen LogP contribution in [0.2, 0.25) is 0 Å². The Balaban J connectivity index is 1.70. The number of sulfonamides is 1. The average Bonchev–Trinajstić information content (AvgIpc) is 3.45. The van der Waals surface area contributed by atoms with E-state index in [1.807, 2.05) is 18.7 Å². The van der Waals surface area contributed by atoms with Crippen molar-refractivity contribution in [2.24, 2.45) is 0 Å². The fraction of sp³-hybridized carbons (Fsp3) is 0.368. The van der Waals surface area contributed by atoms with Gasteiger partial charge in [-0.25, -0.2) is 13.4 Å². The number of nitrogens with one attached hydrogen (secondary N) is 1. The zero-order chi connectivity index (χ0) is 19.3. The van der Waals surface area contributed by atoms with E-state index >= 15 is 0 Å². The quantitative estimate of drug-likeness (QED) is 0.873. The van der Waals surface area contributed by atoms with E-state index < -0.39 is 10.0 Å². The fourth-order valence-electron chi connectivity index (χ4n) is 3.41. The standard InChI is InChI=1S/C19H22N4O3S/c1-12-4-8-15(9-5-12)27(25,26)21-17-11-10-16-18(20-17)23(14-6-7-14)13(2)19(24)22(16)3/h4-5,8-11,13-14H,6-7H2,1-3H3,(H,20,21). The van der Waals surface area contributed by atoms with Gasteiger partial charge in [-0.15, -0.1) is 0 Å². The van der Waals surface area contributed by atoms with Crippen LogP contribution in [0.3, 0.4) is 0 Å². The van der Waals surface area contributed by atoms with Gasteiger partial charge >= 0.3 is 0 Å². The van der Waals surface area contributed by atoms with Crippen LogP contribution in [0.1, 0.15) is 25.3 Å². The highest BCUT2D eigenvalue weighted by atomic mass is 32.2. The van der Waals surface area contributed by atoms with Gasteiger partial charge in [0.2, 0.25) is 5.91 Å². The molecule has 0 saturated heterocycles. The summed E-state index contributed by atoms with van der Waals surface area (Å²) < 4.78 is 27.9. The third-order valence-electron chi connectivity index (χ3n) is 5.08. The zero-order valence-corrected chi connectivity index (χ0v) is 16.3. The number of benzene rings is 1. The number of fused-ring (bicyclic) bond motifs is 1. The Labute approximate surface area is 159 Å². The lowest BCUT2D eigenvalue weighted by atomic mass is 10.1. The van der Waals surface area contributed by atoms with Gasteiger partial charge in [0, 0.05) is 13.1 Å². The van der Waals surface area contributed by atoms with E-state index in [1.54, 1.807) is 48.3 Å². The molecule has 0 radical (unpaired) electrons. The molecule has 0 bridgehead atoms. The van der Waals surface area contributed by atoms with Gasteiger partial charge < -0.3 is 9.80 Å². The smallest absolute Gasteiger partial charge is 0.263 e. The van der Waals surface area contributed by atoms with Crippen molar-refractivity contribution in [3.63, 3.8) is 0 Å². The number of anilines is 3. The number of rotatable bonds is 4. The Morgan fingerprint density at radius 2 is 1.78 bits per heavy atom. The van der Waals surface area contributed by atoms with E-state index in [4.69, 9.17) is 0 Å². The first kappa shape index (κ1) is 17.8. The van der Waals surface area contributed by atoms with Crippen LogP contribution in [0.15, 0.2) is 41.3 Å². The second-order valence-corrected chi connectivity index (χ2v) is 8.85. The molecule has 2 aliphatic rings. The molecule has 1 saturated carbocycles. The van der Waals surface area contributed by atoms with Gasteiger partial charge in [0.1, 0.15) is 11.9 Å². The Morgan fingerprint density at radius 1 is 1.11 bits per heavy atom. The van der Waals surface area contributed by atoms with Crippen LogP contribution >= 0.6 is 0 Å². The molecule has 1 aliphatic carbocycles. The largest absolute Gasteiger partial charge is 0.340 e. The third-order valence-corrected chi connectivity index (χ3v) is 6.45. The van der Waals surface area contributed by atoms with Crippen LogP contribution in [0, 0.1) is 6.92 Å². The van der Waals surface area contributed by atoms with Crippen LogP contribution in [0.5, 0.6) is 0 Å². The van der Waals surface area contributed by atoms with E-state index in [0.29, 0.717) is 11.5 Å². The molecule has 2 heterocycles. The number of carbonyl (C=O) groups excluding carboxylic acids is 1. The molecule has 1 fully saturated rings. The lowest BCUT2D eigenvalue weighted by Gasteiger charge is -2.39. The molecule has 1 N–H and O–H groups in total. The van der Waals surface area contributed by atoms with Crippen LogP contribution in [0.25, 0.3) is 0 Å². The van der Waals surface area contributed by atoms with Crippen molar-refractivity contribution in [2.45, 2.75) is 43.7 Å². The topological polar surface area (TPSA) is 82.6 Å². The van der Waals surface area contributed by atoms with Crippen molar-refractivity contribution in [1.82, 2.24) is 4.98 Å². The maximum Gasteiger partial charge on any atom is 0.263 e. The molecular weight excluding hydrogens is 364 g/mol. The summed E-state index contributed by atoms with van der Waals surface area (Å²) in [6, 6.07) is 9.96. The highest BCUT2D eigenvalue weighted by Crippen LogP contribution is 2.41. The summed E-state index contributed by atoms with van der Waals surface area (Å²) in [7, 11) is -2.01. The van der Waals surface area contributed by atoms with Crippen molar-refractivity contribution in [1.29, 1.82) is 0 Å². The van der Waals surface area contributed by atoms with Crippen molar-refractivity contribution in [2.75, 3.05) is 21.6 Å². The van der Waals surface area contributed by atoms with E-state index in [1.165, 1.54) is 0 Å². The zero-order valence-electron chi connectivity index (χ0n) is 15.5. The van der Waals surface area contributed by atoms with Gasteiger partial charge in [-0.05, 0) is 51.0 Å². The molecule has 4 rings (SSSR count). The molecule has 1 unspecified atom stereocenters. The van der Waals surface area contributed by atoms with Gasteiger partial charge in [-0.1, -0.05) is 17.7 Å². The van der Waals surface area contributed by atoms with Crippen molar-refractivity contribution >= 4 is 33.3 Å². The Morgan fingerprint density at radius 3 is 2.41 bits per heavy atom. The number of hydrogen-bond acceptors (Lipinski definition) is 5. The molecular formula is C19H22N4O3S. The number of likely N-dealkylation sites (N-methyl/N-ethyl adjacent to an activating group) is 1. The lowest BCUT2D eigenvalue weighted by molar-refractivity contribution is -0.119. The highest BCUT2D eigenvalue weighted by Gasteiger charge is 2.42. The van der Waals surface area contributed by atoms with Gasteiger partial charge in [-0.2, -0.15) is 0 Å². The number of hydrogen-bond donors (Lipinski definition) is 1. The summed E-state index contributed by atoms with van der Waals surface area (Å²) in [6.45, 7) is 3.77. The molecule has 0 spiro atoms. The predicted molar refractivity (Wildman–Crippen MR) is 105 cm³/mol. The van der Waals surface area contributed by atoms with E-state index in [0.717, 1.165) is 18.4 Å². The summed E-state index contributed by atoms with van der Waals surface area (Å²) >= 11 is 0. The van der Waals surface area contributed by atoms with Crippen molar-refractivity contribution in [3.05, 3.63) is 42.0 Å². The fourth-order valence-corrected chi connectivity index (χ4v) is 4.41. The summed E-state index contributed by atoms with van der Waals surface area (Å²) in [5, 5.41) is 0. The summed E-state index contributed by atoms with van der Waals surface area (Å²) in [5.41, 5.74) is 1.69. The summed E-state index contributed by atoms with van der Waals surface area (Å²) in [5.74, 6) is 0.912. The number of amides is 1. The molecule has 1 aliphatic heterocycles. The summed E-state index contributed by atoms with van der Waals surface area (Å²) in [6.07, 6.45) is 2.03. The van der Waals surface area contributed by atoms with Crippen LogP contribution in [-0.4, -0.2) is 38.4 Å². The minimum atomic E-state index is -3.73. The average molecular weight is 386 g/mol. The van der Waals surface area contributed by atoms with Gasteiger partial charge in [0.25, 0.3) is 10.0 Å². The summed E-state index contributed by atoms with van der Waals surface area (Å²) in [4.78, 5) is 20.9. The minimum Gasteiger partial charge on any atom is -0.340 e. The molecule has 8 heteroatoms. The lowest BCUT2D eigenvalue weighted by Crippen LogP contribution is -2.52. The van der Waals surface area contributed by atoms with Crippen LogP contribution < -0.4 is 14.5 Å². The molecule has 1 atom stereocenters. The highest BCUT2D eigenvalue weighted by molar-refractivity contribution is 7.92.